The molecule has 0 fully saturated rings. The van der Waals surface area contributed by atoms with Crippen molar-refractivity contribution in [2.24, 2.45) is 0 Å². The van der Waals surface area contributed by atoms with Crippen molar-refractivity contribution in [3.05, 3.63) is 29.3 Å². The monoisotopic (exact) mass is 237 g/mol. The maximum absolute atomic E-state index is 5.79. The topological polar surface area (TPSA) is 26.0 Å². The van der Waals surface area contributed by atoms with Crippen molar-refractivity contribution < 1.29 is 0 Å². The van der Waals surface area contributed by atoms with Gasteiger partial charge in [0.1, 0.15) is 0 Å². The van der Waals surface area contributed by atoms with Gasteiger partial charge in [0.2, 0.25) is 0 Å². The van der Waals surface area contributed by atoms with Crippen LogP contribution in [0, 0.1) is 6.92 Å². The van der Waals surface area contributed by atoms with Crippen molar-refractivity contribution in [1.82, 2.24) is 0 Å². The molecule has 0 aliphatic rings. The van der Waals surface area contributed by atoms with Crippen LogP contribution in [-0.2, 0) is 6.42 Å². The molecule has 0 spiro atoms. The summed E-state index contributed by atoms with van der Waals surface area (Å²) < 4.78 is 0. The predicted octanol–water partition coefficient (Wildman–Crippen LogP) is 5.36. The minimum absolute atomic E-state index is 0.949. The lowest BCUT2D eigenvalue weighted by molar-refractivity contribution is 0.772. The highest BCUT2D eigenvalue weighted by molar-refractivity contribution is 5.52. The number of unbranched alkanes of at least 4 members (excludes halogenated alkanes) is 2. The summed E-state index contributed by atoms with van der Waals surface area (Å²) in [5.74, 6) is 0. The fraction of sp³-hybridized carbons (Fsp3) is 0.625. The summed E-state index contributed by atoms with van der Waals surface area (Å²) in [4.78, 5) is 0. The normalized spacial score (nSPS) is 8.59. The molecule has 0 aliphatic heterocycles. The average molecular weight is 237 g/mol. The number of aryl methyl sites for hydroxylation is 2. The summed E-state index contributed by atoms with van der Waals surface area (Å²) in [6, 6.07) is 6.15. The molecule has 1 aromatic carbocycles. The van der Waals surface area contributed by atoms with E-state index in [0.717, 1.165) is 12.1 Å². The lowest BCUT2D eigenvalue weighted by Crippen LogP contribution is -1.94. The Kier molecular flexibility index (Phi) is 14.2. The zero-order chi connectivity index (χ0) is 13.7. The van der Waals surface area contributed by atoms with E-state index in [1.165, 1.54) is 30.4 Å². The second-order valence-corrected chi connectivity index (χ2v) is 3.85. The highest BCUT2D eigenvalue weighted by Gasteiger charge is 1.96. The van der Waals surface area contributed by atoms with E-state index in [-0.39, 0.29) is 0 Å². The van der Waals surface area contributed by atoms with E-state index < -0.39 is 0 Å². The molecule has 0 saturated carbocycles. The number of nitrogens with two attached hydrogens (primary N) is 1. The maximum atomic E-state index is 5.79. The van der Waals surface area contributed by atoms with Crippen molar-refractivity contribution in [2.75, 3.05) is 5.73 Å². The number of para-hydroxylation sites is 1. The quantitative estimate of drug-likeness (QED) is 0.703. The van der Waals surface area contributed by atoms with E-state index in [0.29, 0.717) is 0 Å². The Bertz CT molecular complexity index is 264. The van der Waals surface area contributed by atoms with E-state index in [2.05, 4.69) is 26.8 Å². The molecule has 0 aliphatic carbocycles. The Morgan fingerprint density at radius 3 is 1.82 bits per heavy atom. The number of nitrogen functional groups attached to an aromatic ring is 1. The fourth-order valence-electron chi connectivity index (χ4n) is 1.40. The third-order valence-corrected chi connectivity index (χ3v) is 2.50. The SMILES string of the molecule is CC.CCCCC.CCc1cccc(C)c1N. The average Bonchev–Trinajstić information content (AvgIpc) is 2.37. The van der Waals surface area contributed by atoms with Gasteiger partial charge in [-0.2, -0.15) is 0 Å². The van der Waals surface area contributed by atoms with Crippen LogP contribution in [0.5, 0.6) is 0 Å². The first-order valence-corrected chi connectivity index (χ1v) is 7.01. The van der Waals surface area contributed by atoms with Crippen molar-refractivity contribution in [3.63, 3.8) is 0 Å². The van der Waals surface area contributed by atoms with Crippen LogP contribution >= 0.6 is 0 Å². The second kappa shape index (κ2) is 13.1. The van der Waals surface area contributed by atoms with Crippen LogP contribution in [0.15, 0.2) is 18.2 Å². The molecule has 0 radical (unpaired) electrons. The molecule has 1 rings (SSSR count). The standard InChI is InChI=1S/C9H13N.C5H12.C2H6/c1-3-8-6-4-5-7(2)9(8)10;1-3-5-4-2;1-2/h4-6H,3,10H2,1-2H3;3-5H2,1-2H3;1-2H3. The molecular formula is C16H31N. The molecule has 1 nitrogen and oxygen atoms in total. The van der Waals surface area contributed by atoms with Gasteiger partial charge >= 0.3 is 0 Å². The van der Waals surface area contributed by atoms with Crippen LogP contribution in [-0.4, -0.2) is 0 Å². The largest absolute Gasteiger partial charge is 0.398 e. The molecule has 0 amide bonds. The molecule has 17 heavy (non-hydrogen) atoms. The zero-order valence-electron chi connectivity index (χ0n) is 12.6. The van der Waals surface area contributed by atoms with Gasteiger partial charge in [0.25, 0.3) is 0 Å². The van der Waals surface area contributed by atoms with Gasteiger partial charge in [0.15, 0.2) is 0 Å². The summed E-state index contributed by atoms with van der Waals surface area (Å²) in [5.41, 5.74) is 9.17. The Morgan fingerprint density at radius 1 is 1.00 bits per heavy atom. The summed E-state index contributed by atoms with van der Waals surface area (Å²) in [7, 11) is 0. The van der Waals surface area contributed by atoms with E-state index in [4.69, 9.17) is 5.73 Å². The number of anilines is 1. The summed E-state index contributed by atoms with van der Waals surface area (Å²) in [5, 5.41) is 0. The summed E-state index contributed by atoms with van der Waals surface area (Å²) in [6.07, 6.45) is 5.10. The Morgan fingerprint density at radius 2 is 1.53 bits per heavy atom. The minimum atomic E-state index is 0.949. The van der Waals surface area contributed by atoms with Crippen LogP contribution in [0.1, 0.15) is 65.0 Å². The minimum Gasteiger partial charge on any atom is -0.398 e. The molecule has 1 heteroatoms. The van der Waals surface area contributed by atoms with Gasteiger partial charge in [-0.1, -0.05) is 72.1 Å². The van der Waals surface area contributed by atoms with Gasteiger partial charge in [-0.3, -0.25) is 0 Å². The van der Waals surface area contributed by atoms with Gasteiger partial charge in [-0.05, 0) is 24.5 Å². The third-order valence-electron chi connectivity index (χ3n) is 2.50. The van der Waals surface area contributed by atoms with Crippen molar-refractivity contribution in [1.29, 1.82) is 0 Å². The first kappa shape index (κ1) is 18.4. The lowest BCUT2D eigenvalue weighted by atomic mass is 10.1. The first-order chi connectivity index (χ1) is 8.17. The van der Waals surface area contributed by atoms with Gasteiger partial charge in [-0.15, -0.1) is 0 Å². The van der Waals surface area contributed by atoms with Gasteiger partial charge in [0, 0.05) is 5.69 Å². The fourth-order valence-corrected chi connectivity index (χ4v) is 1.40. The van der Waals surface area contributed by atoms with Crippen LogP contribution in [0.25, 0.3) is 0 Å². The Hall–Kier alpha value is -0.980. The second-order valence-electron chi connectivity index (χ2n) is 3.85. The smallest absolute Gasteiger partial charge is 0.0376 e. The van der Waals surface area contributed by atoms with E-state index in [1.54, 1.807) is 0 Å². The van der Waals surface area contributed by atoms with Crippen LogP contribution in [0.4, 0.5) is 5.69 Å². The zero-order valence-corrected chi connectivity index (χ0v) is 12.6. The number of rotatable bonds is 3. The molecule has 0 saturated heterocycles. The Balaban J connectivity index is 0. The molecule has 0 aromatic heterocycles. The first-order valence-electron chi connectivity index (χ1n) is 7.01. The van der Waals surface area contributed by atoms with Crippen molar-refractivity contribution >= 4 is 5.69 Å². The summed E-state index contributed by atoms with van der Waals surface area (Å²) in [6.45, 7) is 12.6. The van der Waals surface area contributed by atoms with Crippen LogP contribution in [0.2, 0.25) is 0 Å². The molecule has 1 aromatic rings. The third kappa shape index (κ3) is 8.79. The molecular weight excluding hydrogens is 206 g/mol. The predicted molar refractivity (Wildman–Crippen MR) is 81.5 cm³/mol. The lowest BCUT2D eigenvalue weighted by Gasteiger charge is -2.04. The van der Waals surface area contributed by atoms with E-state index in [1.807, 2.05) is 32.9 Å². The highest BCUT2D eigenvalue weighted by atomic mass is 14.6. The molecule has 0 atom stereocenters. The van der Waals surface area contributed by atoms with E-state index in [9.17, 15) is 0 Å². The highest BCUT2D eigenvalue weighted by Crippen LogP contribution is 2.15. The number of hydrogen-bond acceptors (Lipinski definition) is 1. The maximum Gasteiger partial charge on any atom is 0.0376 e. The molecule has 0 heterocycles. The number of benzene rings is 1. The van der Waals surface area contributed by atoms with Crippen molar-refractivity contribution in [2.45, 2.75) is 67.2 Å². The molecule has 0 unspecified atom stereocenters. The van der Waals surface area contributed by atoms with Gasteiger partial charge in [-0.25, -0.2) is 0 Å². The van der Waals surface area contributed by atoms with Crippen LogP contribution in [0.3, 0.4) is 0 Å². The molecule has 0 bridgehead atoms. The van der Waals surface area contributed by atoms with Crippen LogP contribution < -0.4 is 5.73 Å². The van der Waals surface area contributed by atoms with E-state index >= 15 is 0 Å². The molecule has 100 valence electrons. The summed E-state index contributed by atoms with van der Waals surface area (Å²) >= 11 is 0. The van der Waals surface area contributed by atoms with Gasteiger partial charge < -0.3 is 5.73 Å². The number of hydrogen-bond donors (Lipinski definition) is 1. The Labute approximate surface area is 108 Å². The molecule has 2 N–H and O–H groups in total. The van der Waals surface area contributed by atoms with Crippen molar-refractivity contribution in [3.8, 4) is 0 Å². The van der Waals surface area contributed by atoms with Gasteiger partial charge in [0.05, 0.1) is 0 Å².